The van der Waals surface area contributed by atoms with Crippen LogP contribution >= 0.6 is 15.9 Å². The molecule has 0 unspecified atom stereocenters. The second-order valence-electron chi connectivity index (χ2n) is 5.88. The van der Waals surface area contributed by atoms with Gasteiger partial charge in [0.05, 0.1) is 29.2 Å². The maximum atomic E-state index is 14.1. The highest BCUT2D eigenvalue weighted by Crippen LogP contribution is 2.44. The number of alkyl halides is 1. The summed E-state index contributed by atoms with van der Waals surface area (Å²) in [6, 6.07) is 0.861. The van der Waals surface area contributed by atoms with E-state index in [2.05, 4.69) is 25.9 Å². The monoisotopic (exact) mass is 387 g/mol. The lowest BCUT2D eigenvalue weighted by Crippen LogP contribution is -2.31. The van der Waals surface area contributed by atoms with Gasteiger partial charge in [0.2, 0.25) is 0 Å². The Morgan fingerprint density at radius 3 is 2.91 bits per heavy atom. The van der Waals surface area contributed by atoms with Gasteiger partial charge < -0.3 is 9.64 Å². The summed E-state index contributed by atoms with van der Waals surface area (Å²) in [4.78, 5) is 9.30. The van der Waals surface area contributed by atoms with Gasteiger partial charge in [-0.05, 0) is 34.5 Å². The third kappa shape index (κ3) is 2.30. The highest BCUT2D eigenvalue weighted by Gasteiger charge is 2.56. The van der Waals surface area contributed by atoms with Crippen LogP contribution in [0.5, 0.6) is 0 Å². The first-order valence-electron chi connectivity index (χ1n) is 7.29. The SMILES string of the molecule is Cc1c(Br)c(F)cc2c(N3CCOC[C@H]4[C@H](F)[C@@H]43)nc(F)nc12. The summed E-state index contributed by atoms with van der Waals surface area (Å²) in [5.41, 5.74) is 0.802. The van der Waals surface area contributed by atoms with E-state index in [1.807, 2.05) is 0 Å². The average molecular weight is 388 g/mol. The Hall–Kier alpha value is -1.41. The molecule has 4 rings (SSSR count). The third-order valence-electron chi connectivity index (χ3n) is 4.52. The van der Waals surface area contributed by atoms with Gasteiger partial charge in [-0.3, -0.25) is 0 Å². The standard InChI is InChI=1S/C15H13BrF3N3O/c1-6-10(16)9(17)4-7-12(6)20-15(19)21-14(7)22-2-3-23-5-8-11(18)13(8)22/h4,8,11,13H,2-3,5H2,1H3/t8-,11-,13+/m0/s1. The molecule has 2 fully saturated rings. The number of anilines is 1. The molecule has 1 aromatic heterocycles. The van der Waals surface area contributed by atoms with Gasteiger partial charge >= 0.3 is 6.08 Å². The second kappa shape index (κ2) is 5.31. The topological polar surface area (TPSA) is 38.2 Å². The molecule has 3 atom stereocenters. The molecule has 2 aliphatic rings. The first kappa shape index (κ1) is 15.1. The summed E-state index contributed by atoms with van der Waals surface area (Å²) in [7, 11) is 0. The fourth-order valence-electron chi connectivity index (χ4n) is 3.23. The molecule has 0 bridgehead atoms. The van der Waals surface area contributed by atoms with Gasteiger partial charge in [-0.1, -0.05) is 0 Å². The Labute approximate surface area is 138 Å². The second-order valence-corrected chi connectivity index (χ2v) is 6.67. The van der Waals surface area contributed by atoms with Crippen LogP contribution in [0.15, 0.2) is 10.5 Å². The number of nitrogens with zero attached hydrogens (tertiary/aromatic N) is 3. The average Bonchev–Trinajstić information content (AvgIpc) is 3.21. The van der Waals surface area contributed by atoms with Crippen molar-refractivity contribution in [3.05, 3.63) is 28.0 Å². The van der Waals surface area contributed by atoms with Crippen molar-refractivity contribution in [1.29, 1.82) is 0 Å². The van der Waals surface area contributed by atoms with E-state index in [-0.39, 0.29) is 16.2 Å². The van der Waals surface area contributed by atoms with Crippen molar-refractivity contribution < 1.29 is 17.9 Å². The van der Waals surface area contributed by atoms with E-state index < -0.39 is 24.1 Å². The van der Waals surface area contributed by atoms with Crippen LogP contribution < -0.4 is 4.90 Å². The number of halogens is 4. The first-order valence-corrected chi connectivity index (χ1v) is 8.08. The van der Waals surface area contributed by atoms with E-state index in [0.29, 0.717) is 36.2 Å². The molecule has 122 valence electrons. The zero-order valence-corrected chi connectivity index (χ0v) is 13.8. The summed E-state index contributed by atoms with van der Waals surface area (Å²) in [6.07, 6.45) is -1.95. The van der Waals surface area contributed by atoms with E-state index in [0.717, 1.165) is 0 Å². The fraction of sp³-hybridized carbons (Fsp3) is 0.467. The number of hydrogen-bond donors (Lipinski definition) is 0. The predicted octanol–water partition coefficient (Wildman–Crippen LogP) is 3.15. The summed E-state index contributed by atoms with van der Waals surface area (Å²) in [6.45, 7) is 2.76. The van der Waals surface area contributed by atoms with Crippen LogP contribution in [0.1, 0.15) is 5.56 Å². The number of aryl methyl sites for hydroxylation is 1. The number of hydrogen-bond acceptors (Lipinski definition) is 4. The first-order chi connectivity index (χ1) is 11.0. The minimum atomic E-state index is -1.04. The molecule has 1 aliphatic heterocycles. The van der Waals surface area contributed by atoms with Crippen LogP contribution in [0.3, 0.4) is 0 Å². The van der Waals surface area contributed by atoms with Gasteiger partial charge in [-0.15, -0.1) is 0 Å². The highest BCUT2D eigenvalue weighted by atomic mass is 79.9. The molecule has 0 amide bonds. The summed E-state index contributed by atoms with van der Waals surface area (Å²) in [5, 5.41) is 0.379. The van der Waals surface area contributed by atoms with E-state index in [9.17, 15) is 13.2 Å². The van der Waals surface area contributed by atoms with Crippen LogP contribution in [0.4, 0.5) is 19.0 Å². The van der Waals surface area contributed by atoms with Gasteiger partial charge in [0.15, 0.2) is 0 Å². The fourth-order valence-corrected chi connectivity index (χ4v) is 3.53. The van der Waals surface area contributed by atoms with Crippen LogP contribution in [0.25, 0.3) is 10.9 Å². The molecular weight excluding hydrogens is 375 g/mol. The Kier molecular flexibility index (Phi) is 3.49. The van der Waals surface area contributed by atoms with E-state index in [4.69, 9.17) is 4.74 Å². The number of fused-ring (bicyclic) bond motifs is 2. The van der Waals surface area contributed by atoms with Crippen molar-refractivity contribution in [3.8, 4) is 0 Å². The molecule has 0 radical (unpaired) electrons. The van der Waals surface area contributed by atoms with Crippen molar-refractivity contribution in [1.82, 2.24) is 9.97 Å². The maximum absolute atomic E-state index is 14.1. The van der Waals surface area contributed by atoms with E-state index in [1.54, 1.807) is 11.8 Å². The number of ether oxygens (including phenoxy) is 1. The summed E-state index contributed by atoms with van der Waals surface area (Å²) in [5.74, 6) is -0.503. The molecule has 1 aliphatic carbocycles. The number of benzene rings is 1. The third-order valence-corrected chi connectivity index (χ3v) is 5.49. The Morgan fingerprint density at radius 2 is 2.13 bits per heavy atom. The molecule has 2 aromatic rings. The molecule has 1 saturated carbocycles. The van der Waals surface area contributed by atoms with Crippen molar-refractivity contribution >= 4 is 32.7 Å². The Bertz CT molecular complexity index is 803. The van der Waals surface area contributed by atoms with Crippen LogP contribution in [0, 0.1) is 24.7 Å². The van der Waals surface area contributed by atoms with Crippen molar-refractivity contribution in [2.24, 2.45) is 5.92 Å². The smallest absolute Gasteiger partial charge is 0.311 e. The predicted molar refractivity (Wildman–Crippen MR) is 82.2 cm³/mol. The number of rotatable bonds is 1. The van der Waals surface area contributed by atoms with Gasteiger partial charge in [0.1, 0.15) is 17.8 Å². The lowest BCUT2D eigenvalue weighted by molar-refractivity contribution is 0.130. The molecule has 1 saturated heterocycles. The Balaban J connectivity index is 1.92. The molecular formula is C15H13BrF3N3O. The molecule has 23 heavy (non-hydrogen) atoms. The molecule has 0 N–H and O–H groups in total. The Morgan fingerprint density at radius 1 is 1.35 bits per heavy atom. The molecule has 0 spiro atoms. The van der Waals surface area contributed by atoms with E-state index in [1.165, 1.54) is 6.07 Å². The molecule has 1 aromatic carbocycles. The lowest BCUT2D eigenvalue weighted by Gasteiger charge is -2.24. The maximum Gasteiger partial charge on any atom is 0.311 e. The zero-order valence-electron chi connectivity index (χ0n) is 12.2. The van der Waals surface area contributed by atoms with Crippen molar-refractivity contribution in [2.45, 2.75) is 19.1 Å². The molecule has 2 heterocycles. The zero-order chi connectivity index (χ0) is 16.3. The molecule has 8 heteroatoms. The van der Waals surface area contributed by atoms with Gasteiger partial charge in [0.25, 0.3) is 0 Å². The minimum absolute atomic E-state index is 0.225. The van der Waals surface area contributed by atoms with Gasteiger partial charge in [0, 0.05) is 17.8 Å². The lowest BCUT2D eigenvalue weighted by atomic mass is 10.1. The number of aromatic nitrogens is 2. The molecule has 4 nitrogen and oxygen atoms in total. The van der Waals surface area contributed by atoms with Crippen LogP contribution in [0.2, 0.25) is 0 Å². The van der Waals surface area contributed by atoms with Gasteiger partial charge in [-0.2, -0.15) is 9.37 Å². The van der Waals surface area contributed by atoms with Crippen LogP contribution in [-0.4, -0.2) is 41.9 Å². The van der Waals surface area contributed by atoms with Crippen LogP contribution in [-0.2, 0) is 4.74 Å². The van der Waals surface area contributed by atoms with Gasteiger partial charge in [-0.25, -0.2) is 13.8 Å². The largest absolute Gasteiger partial charge is 0.379 e. The normalized spacial score (nSPS) is 27.0. The summed E-state index contributed by atoms with van der Waals surface area (Å²) >= 11 is 3.14. The highest BCUT2D eigenvalue weighted by molar-refractivity contribution is 9.10. The van der Waals surface area contributed by atoms with Crippen molar-refractivity contribution in [2.75, 3.05) is 24.7 Å². The van der Waals surface area contributed by atoms with E-state index >= 15 is 0 Å². The minimum Gasteiger partial charge on any atom is -0.379 e. The quantitative estimate of drug-likeness (QED) is 0.704. The summed E-state index contributed by atoms with van der Waals surface area (Å²) < 4.78 is 47.6. The van der Waals surface area contributed by atoms with Crippen molar-refractivity contribution in [3.63, 3.8) is 0 Å².